The molecule has 1 aromatic rings. The van der Waals surface area contributed by atoms with Gasteiger partial charge in [-0.1, -0.05) is 11.6 Å². The minimum atomic E-state index is -0.920. The maximum absolute atomic E-state index is 13.4. The van der Waals surface area contributed by atoms with Gasteiger partial charge in [0.15, 0.2) is 5.82 Å². The van der Waals surface area contributed by atoms with E-state index in [2.05, 4.69) is 5.32 Å². The third-order valence-corrected chi connectivity index (χ3v) is 2.67. The van der Waals surface area contributed by atoms with Gasteiger partial charge in [0.1, 0.15) is 5.82 Å². The molecule has 1 amide bonds. The van der Waals surface area contributed by atoms with E-state index in [0.717, 1.165) is 6.07 Å². The van der Waals surface area contributed by atoms with Crippen LogP contribution in [0, 0.1) is 17.0 Å². The van der Waals surface area contributed by atoms with Gasteiger partial charge in [0.05, 0.1) is 16.1 Å². The zero-order valence-electron chi connectivity index (χ0n) is 9.48. The number of nitrogens with one attached hydrogen (secondary N) is 1. The van der Waals surface area contributed by atoms with Crippen LogP contribution in [0.25, 0.3) is 0 Å². The maximum Gasteiger partial charge on any atom is 0.231 e. The average molecular weight is 263 g/mol. The van der Waals surface area contributed by atoms with Crippen LogP contribution in [0.5, 0.6) is 0 Å². The molecule has 3 nitrogen and oxygen atoms in total. The summed E-state index contributed by atoms with van der Waals surface area (Å²) in [6.07, 6.45) is 0. The number of rotatable bonds is 3. The van der Waals surface area contributed by atoms with Crippen LogP contribution in [-0.4, -0.2) is 12.5 Å². The number of carbonyl (C=O) groups is 1. The molecule has 0 bridgehead atoms. The van der Waals surface area contributed by atoms with Crippen LogP contribution in [0.3, 0.4) is 0 Å². The Morgan fingerprint density at radius 2 is 2.06 bits per heavy atom. The fourth-order valence-corrected chi connectivity index (χ4v) is 1.28. The SMILES string of the molecule is CC(C)(CN)C(=O)Nc1c(F)cc(F)cc1Cl. The van der Waals surface area contributed by atoms with Crippen molar-refractivity contribution < 1.29 is 13.6 Å². The first-order valence-electron chi connectivity index (χ1n) is 4.94. The highest BCUT2D eigenvalue weighted by Crippen LogP contribution is 2.28. The largest absolute Gasteiger partial charge is 0.329 e. The summed E-state index contributed by atoms with van der Waals surface area (Å²) in [5.74, 6) is -2.20. The van der Waals surface area contributed by atoms with Crippen molar-refractivity contribution >= 4 is 23.2 Å². The molecule has 0 aliphatic heterocycles. The first-order chi connectivity index (χ1) is 7.77. The van der Waals surface area contributed by atoms with Gasteiger partial charge in [0.25, 0.3) is 0 Å². The molecule has 1 aromatic carbocycles. The average Bonchev–Trinajstić information content (AvgIpc) is 2.22. The molecule has 0 aliphatic carbocycles. The van der Waals surface area contributed by atoms with E-state index in [1.807, 2.05) is 0 Å². The van der Waals surface area contributed by atoms with Crippen LogP contribution in [0.1, 0.15) is 13.8 Å². The molecule has 0 fully saturated rings. The topological polar surface area (TPSA) is 55.1 Å². The highest BCUT2D eigenvalue weighted by molar-refractivity contribution is 6.33. The van der Waals surface area contributed by atoms with Crippen molar-refractivity contribution in [1.82, 2.24) is 0 Å². The van der Waals surface area contributed by atoms with E-state index in [1.54, 1.807) is 13.8 Å². The zero-order valence-corrected chi connectivity index (χ0v) is 10.2. The quantitative estimate of drug-likeness (QED) is 0.880. The minimum absolute atomic E-state index is 0.0965. The smallest absolute Gasteiger partial charge is 0.231 e. The van der Waals surface area contributed by atoms with Gasteiger partial charge in [-0.3, -0.25) is 4.79 Å². The highest BCUT2D eigenvalue weighted by Gasteiger charge is 2.27. The molecule has 0 spiro atoms. The molecule has 0 aliphatic rings. The Kier molecular flexibility index (Phi) is 4.06. The zero-order chi connectivity index (χ0) is 13.2. The molecule has 17 heavy (non-hydrogen) atoms. The summed E-state index contributed by atoms with van der Waals surface area (Å²) in [6.45, 7) is 3.31. The molecule has 6 heteroatoms. The molecule has 0 saturated carbocycles. The van der Waals surface area contributed by atoms with Crippen molar-refractivity contribution in [3.63, 3.8) is 0 Å². The molecule has 94 valence electrons. The number of benzene rings is 1. The molecule has 0 unspecified atom stereocenters. The molecule has 0 aromatic heterocycles. The summed E-state index contributed by atoms with van der Waals surface area (Å²) < 4.78 is 26.2. The number of anilines is 1. The second-order valence-electron chi connectivity index (χ2n) is 4.29. The standard InChI is InChI=1S/C11H13ClF2N2O/c1-11(2,5-15)10(17)16-9-7(12)3-6(13)4-8(9)14/h3-4H,5,15H2,1-2H3,(H,16,17). The summed E-state index contributed by atoms with van der Waals surface area (Å²) in [6, 6.07) is 1.58. The van der Waals surface area contributed by atoms with Gasteiger partial charge in [0, 0.05) is 12.6 Å². The number of nitrogens with two attached hydrogens (primary N) is 1. The van der Waals surface area contributed by atoms with E-state index in [1.165, 1.54) is 0 Å². The molecule has 3 N–H and O–H groups in total. The van der Waals surface area contributed by atoms with Gasteiger partial charge in [-0.25, -0.2) is 8.78 Å². The lowest BCUT2D eigenvalue weighted by Gasteiger charge is -2.21. The Morgan fingerprint density at radius 3 is 2.53 bits per heavy atom. The lowest BCUT2D eigenvalue weighted by Crippen LogP contribution is -2.37. The first kappa shape index (κ1) is 13.9. The Labute approximate surface area is 103 Å². The van der Waals surface area contributed by atoms with E-state index in [0.29, 0.717) is 6.07 Å². The first-order valence-corrected chi connectivity index (χ1v) is 5.32. The Morgan fingerprint density at radius 1 is 1.47 bits per heavy atom. The Balaban J connectivity index is 3.01. The molecule has 0 heterocycles. The van der Waals surface area contributed by atoms with E-state index in [9.17, 15) is 13.6 Å². The number of hydrogen-bond acceptors (Lipinski definition) is 2. The molecule has 0 radical (unpaired) electrons. The summed E-state index contributed by atoms with van der Waals surface area (Å²) >= 11 is 5.65. The number of carbonyl (C=O) groups excluding carboxylic acids is 1. The minimum Gasteiger partial charge on any atom is -0.329 e. The Hall–Kier alpha value is -1.20. The fraction of sp³-hybridized carbons (Fsp3) is 0.364. The van der Waals surface area contributed by atoms with Crippen LogP contribution in [0.4, 0.5) is 14.5 Å². The fourth-order valence-electron chi connectivity index (χ4n) is 1.04. The second kappa shape index (κ2) is 4.98. The lowest BCUT2D eigenvalue weighted by molar-refractivity contribution is -0.123. The van der Waals surface area contributed by atoms with Gasteiger partial charge < -0.3 is 11.1 Å². The number of hydrogen-bond donors (Lipinski definition) is 2. The molecular formula is C11H13ClF2N2O. The maximum atomic E-state index is 13.4. The lowest BCUT2D eigenvalue weighted by atomic mass is 9.92. The highest BCUT2D eigenvalue weighted by atomic mass is 35.5. The summed E-state index contributed by atoms with van der Waals surface area (Å²) in [7, 11) is 0. The van der Waals surface area contributed by atoms with Crippen molar-refractivity contribution in [1.29, 1.82) is 0 Å². The van der Waals surface area contributed by atoms with Crippen LogP contribution >= 0.6 is 11.6 Å². The van der Waals surface area contributed by atoms with Crippen LogP contribution in [0.2, 0.25) is 5.02 Å². The van der Waals surface area contributed by atoms with Crippen LogP contribution < -0.4 is 11.1 Å². The third kappa shape index (κ3) is 3.14. The predicted molar refractivity (Wildman–Crippen MR) is 62.8 cm³/mol. The van der Waals surface area contributed by atoms with Crippen molar-refractivity contribution in [2.24, 2.45) is 11.1 Å². The van der Waals surface area contributed by atoms with E-state index < -0.39 is 23.0 Å². The molecule has 1 rings (SSSR count). The van der Waals surface area contributed by atoms with E-state index in [4.69, 9.17) is 17.3 Å². The summed E-state index contributed by atoms with van der Waals surface area (Å²) in [5, 5.41) is 2.11. The van der Waals surface area contributed by atoms with Gasteiger partial charge >= 0.3 is 0 Å². The van der Waals surface area contributed by atoms with Crippen LogP contribution in [0.15, 0.2) is 12.1 Å². The van der Waals surface area contributed by atoms with E-state index in [-0.39, 0.29) is 17.3 Å². The van der Waals surface area contributed by atoms with Gasteiger partial charge in [-0.2, -0.15) is 0 Å². The van der Waals surface area contributed by atoms with Crippen molar-refractivity contribution in [2.75, 3.05) is 11.9 Å². The van der Waals surface area contributed by atoms with Crippen molar-refractivity contribution in [3.8, 4) is 0 Å². The van der Waals surface area contributed by atoms with Gasteiger partial charge in [-0.15, -0.1) is 0 Å². The van der Waals surface area contributed by atoms with Crippen molar-refractivity contribution in [2.45, 2.75) is 13.8 Å². The molecular weight excluding hydrogens is 250 g/mol. The Bertz CT molecular complexity index is 426. The number of amides is 1. The summed E-state index contributed by atoms with van der Waals surface area (Å²) in [4.78, 5) is 11.7. The van der Waals surface area contributed by atoms with Gasteiger partial charge in [0.2, 0.25) is 5.91 Å². The predicted octanol–water partition coefficient (Wildman–Crippen LogP) is 2.54. The molecule has 0 saturated heterocycles. The van der Waals surface area contributed by atoms with Crippen LogP contribution in [-0.2, 0) is 4.79 Å². The monoisotopic (exact) mass is 262 g/mol. The molecule has 0 atom stereocenters. The third-order valence-electron chi connectivity index (χ3n) is 2.37. The van der Waals surface area contributed by atoms with Gasteiger partial charge in [-0.05, 0) is 19.9 Å². The van der Waals surface area contributed by atoms with Crippen molar-refractivity contribution in [3.05, 3.63) is 28.8 Å². The summed E-state index contributed by atoms with van der Waals surface area (Å²) in [5.41, 5.74) is 4.32. The number of halogens is 3. The normalized spacial score (nSPS) is 11.4. The second-order valence-corrected chi connectivity index (χ2v) is 4.69. The van der Waals surface area contributed by atoms with E-state index >= 15 is 0 Å².